The summed E-state index contributed by atoms with van der Waals surface area (Å²) in [5.74, 6) is 0.984. The molecule has 1 spiro atoms. The molecule has 2 saturated carbocycles. The predicted molar refractivity (Wildman–Crippen MR) is 69.8 cm³/mol. The third kappa shape index (κ3) is 2.06. The maximum atomic E-state index is 11.5. The number of carbonyl (C=O) groups excluding carboxylic acids is 1. The summed E-state index contributed by atoms with van der Waals surface area (Å²) in [6.45, 7) is 4.89. The second-order valence-corrected chi connectivity index (χ2v) is 5.78. The molecule has 3 aliphatic carbocycles. The Morgan fingerprint density at radius 2 is 2.00 bits per heavy atom. The molecule has 4 nitrogen and oxygen atoms in total. The predicted octanol–water partition coefficient (Wildman–Crippen LogP) is 1.59. The average molecular weight is 266 g/mol. The summed E-state index contributed by atoms with van der Waals surface area (Å²) >= 11 is 0. The van der Waals surface area contributed by atoms with Crippen molar-refractivity contribution in [2.45, 2.75) is 25.4 Å². The van der Waals surface area contributed by atoms with E-state index in [1.165, 1.54) is 6.42 Å². The second-order valence-electron chi connectivity index (χ2n) is 5.78. The minimum atomic E-state index is -0.569. The van der Waals surface area contributed by atoms with Crippen LogP contribution < -0.4 is 0 Å². The molecular formula is C15H22O4. The SMILES string of the molecule is CCOCCOCCOC1(C=O)CC2CC23C=CC13. The number of hydrogen-bond acceptors (Lipinski definition) is 4. The van der Waals surface area contributed by atoms with E-state index in [1.54, 1.807) is 0 Å². The van der Waals surface area contributed by atoms with Gasteiger partial charge in [0, 0.05) is 17.9 Å². The van der Waals surface area contributed by atoms with E-state index in [0.717, 1.165) is 12.7 Å². The molecule has 0 heterocycles. The highest BCUT2D eigenvalue weighted by atomic mass is 16.6. The molecule has 0 N–H and O–H groups in total. The lowest BCUT2D eigenvalue weighted by Gasteiger charge is -2.38. The number of ether oxygens (including phenoxy) is 3. The first-order valence-electron chi connectivity index (χ1n) is 7.22. The molecule has 0 aromatic heterocycles. The first-order chi connectivity index (χ1) is 9.27. The lowest BCUT2D eigenvalue weighted by Crippen LogP contribution is -2.45. The van der Waals surface area contributed by atoms with Crippen molar-refractivity contribution in [1.82, 2.24) is 0 Å². The van der Waals surface area contributed by atoms with E-state index in [2.05, 4.69) is 12.2 Å². The molecule has 0 bridgehead atoms. The van der Waals surface area contributed by atoms with Crippen molar-refractivity contribution >= 4 is 6.29 Å². The molecular weight excluding hydrogens is 244 g/mol. The third-order valence-corrected chi connectivity index (χ3v) is 4.84. The Bertz CT molecular complexity index is 380. The summed E-state index contributed by atoms with van der Waals surface area (Å²) in [4.78, 5) is 11.5. The van der Waals surface area contributed by atoms with Crippen LogP contribution in [0.2, 0.25) is 0 Å². The molecule has 4 heteroatoms. The molecule has 19 heavy (non-hydrogen) atoms. The quantitative estimate of drug-likeness (QED) is 0.361. The van der Waals surface area contributed by atoms with Gasteiger partial charge in [-0.05, 0) is 25.7 Å². The van der Waals surface area contributed by atoms with Gasteiger partial charge in [-0.25, -0.2) is 0 Å². The summed E-state index contributed by atoms with van der Waals surface area (Å²) in [7, 11) is 0. The summed E-state index contributed by atoms with van der Waals surface area (Å²) in [6, 6.07) is 0. The van der Waals surface area contributed by atoms with Crippen molar-refractivity contribution in [3.05, 3.63) is 12.2 Å². The smallest absolute Gasteiger partial charge is 0.152 e. The number of rotatable bonds is 9. The lowest BCUT2D eigenvalue weighted by molar-refractivity contribution is -0.141. The monoisotopic (exact) mass is 266 g/mol. The van der Waals surface area contributed by atoms with Crippen molar-refractivity contribution in [2.75, 3.05) is 33.0 Å². The molecule has 4 unspecified atom stereocenters. The van der Waals surface area contributed by atoms with Gasteiger partial charge in [0.1, 0.15) is 5.60 Å². The van der Waals surface area contributed by atoms with Gasteiger partial charge in [0.2, 0.25) is 0 Å². The van der Waals surface area contributed by atoms with Gasteiger partial charge in [-0.3, -0.25) is 0 Å². The van der Waals surface area contributed by atoms with E-state index in [0.29, 0.717) is 50.3 Å². The molecule has 2 fully saturated rings. The van der Waals surface area contributed by atoms with E-state index in [-0.39, 0.29) is 0 Å². The van der Waals surface area contributed by atoms with Crippen LogP contribution in [0.3, 0.4) is 0 Å². The molecule has 0 radical (unpaired) electrons. The Kier molecular flexibility index (Phi) is 3.50. The Labute approximate surface area is 114 Å². The van der Waals surface area contributed by atoms with Gasteiger partial charge in [-0.15, -0.1) is 0 Å². The van der Waals surface area contributed by atoms with Gasteiger partial charge in [0.15, 0.2) is 6.29 Å². The van der Waals surface area contributed by atoms with E-state index < -0.39 is 5.60 Å². The van der Waals surface area contributed by atoms with Gasteiger partial charge in [-0.2, -0.15) is 0 Å². The van der Waals surface area contributed by atoms with Crippen molar-refractivity contribution in [1.29, 1.82) is 0 Å². The van der Waals surface area contributed by atoms with Crippen LogP contribution in [0.1, 0.15) is 19.8 Å². The van der Waals surface area contributed by atoms with E-state index in [9.17, 15) is 4.79 Å². The molecule has 3 aliphatic rings. The van der Waals surface area contributed by atoms with Gasteiger partial charge >= 0.3 is 0 Å². The maximum absolute atomic E-state index is 11.5. The van der Waals surface area contributed by atoms with Gasteiger partial charge in [0.05, 0.1) is 26.4 Å². The summed E-state index contributed by atoms with van der Waals surface area (Å²) in [5, 5.41) is 0. The largest absolute Gasteiger partial charge is 0.379 e. The fraction of sp³-hybridized carbons (Fsp3) is 0.800. The van der Waals surface area contributed by atoms with Crippen LogP contribution in [0, 0.1) is 17.3 Å². The zero-order chi connectivity index (χ0) is 13.3. The van der Waals surface area contributed by atoms with E-state index >= 15 is 0 Å². The van der Waals surface area contributed by atoms with Crippen LogP contribution >= 0.6 is 0 Å². The van der Waals surface area contributed by atoms with Crippen LogP contribution in [0.25, 0.3) is 0 Å². The molecule has 4 atom stereocenters. The Balaban J connectivity index is 1.40. The number of aldehydes is 1. The third-order valence-electron chi connectivity index (χ3n) is 4.84. The molecule has 3 rings (SSSR count). The maximum Gasteiger partial charge on any atom is 0.152 e. The number of hydrogen-bond donors (Lipinski definition) is 0. The zero-order valence-electron chi connectivity index (χ0n) is 11.5. The van der Waals surface area contributed by atoms with Crippen molar-refractivity contribution in [3.8, 4) is 0 Å². The first-order valence-corrected chi connectivity index (χ1v) is 7.22. The topological polar surface area (TPSA) is 44.8 Å². The first kappa shape index (κ1) is 13.3. The Morgan fingerprint density at radius 1 is 1.21 bits per heavy atom. The van der Waals surface area contributed by atoms with Crippen LogP contribution in [0.5, 0.6) is 0 Å². The summed E-state index contributed by atoms with van der Waals surface area (Å²) in [6.07, 6.45) is 7.58. The minimum Gasteiger partial charge on any atom is -0.379 e. The van der Waals surface area contributed by atoms with Crippen LogP contribution in [-0.4, -0.2) is 44.9 Å². The highest BCUT2D eigenvalue weighted by Crippen LogP contribution is 2.75. The second kappa shape index (κ2) is 5.00. The molecule has 0 saturated heterocycles. The fourth-order valence-corrected chi connectivity index (χ4v) is 3.74. The van der Waals surface area contributed by atoms with Crippen LogP contribution in [0.15, 0.2) is 12.2 Å². The highest BCUT2D eigenvalue weighted by molar-refractivity contribution is 5.68. The highest BCUT2D eigenvalue weighted by Gasteiger charge is 2.73. The Hall–Kier alpha value is -0.710. The molecule has 0 aromatic rings. The Morgan fingerprint density at radius 3 is 2.63 bits per heavy atom. The molecule has 106 valence electrons. The lowest BCUT2D eigenvalue weighted by atomic mass is 9.73. The molecule has 0 aliphatic heterocycles. The fourth-order valence-electron chi connectivity index (χ4n) is 3.74. The van der Waals surface area contributed by atoms with Gasteiger partial charge in [0.25, 0.3) is 0 Å². The average Bonchev–Trinajstić information content (AvgIpc) is 3.08. The molecule has 0 aromatic carbocycles. The molecule has 0 amide bonds. The number of allylic oxidation sites excluding steroid dienone is 1. The zero-order valence-corrected chi connectivity index (χ0v) is 11.5. The minimum absolute atomic E-state index is 0.311. The summed E-state index contributed by atoms with van der Waals surface area (Å²) < 4.78 is 16.5. The standard InChI is InChI=1S/C15H22O4/c1-2-17-5-6-18-7-8-19-15(11-16)10-12-9-14(12)4-3-13(14)15/h3-4,11-13H,2,5-10H2,1H3. The van der Waals surface area contributed by atoms with E-state index in [1.807, 2.05) is 6.92 Å². The van der Waals surface area contributed by atoms with Gasteiger partial charge in [-0.1, -0.05) is 12.2 Å². The van der Waals surface area contributed by atoms with Gasteiger partial charge < -0.3 is 19.0 Å². The van der Waals surface area contributed by atoms with Crippen molar-refractivity contribution < 1.29 is 19.0 Å². The van der Waals surface area contributed by atoms with Crippen molar-refractivity contribution in [3.63, 3.8) is 0 Å². The normalized spacial score (nSPS) is 41.5. The van der Waals surface area contributed by atoms with E-state index in [4.69, 9.17) is 14.2 Å². The van der Waals surface area contributed by atoms with Crippen LogP contribution in [0.4, 0.5) is 0 Å². The summed E-state index contributed by atoms with van der Waals surface area (Å²) in [5.41, 5.74) is -0.238. The number of carbonyl (C=O) groups is 1. The van der Waals surface area contributed by atoms with Crippen LogP contribution in [-0.2, 0) is 19.0 Å². The van der Waals surface area contributed by atoms with Crippen molar-refractivity contribution in [2.24, 2.45) is 17.3 Å².